The standard InChI is InChI=1S/C10H18N2/c1-8(2)5-6-12-7-9(3)10(4)11-12/h7-8H,5-6H2,1-4H3. The van der Waals surface area contributed by atoms with E-state index in [4.69, 9.17) is 0 Å². The van der Waals surface area contributed by atoms with Crippen LogP contribution in [-0.4, -0.2) is 9.78 Å². The Morgan fingerprint density at radius 2 is 2.08 bits per heavy atom. The quantitative estimate of drug-likeness (QED) is 0.674. The van der Waals surface area contributed by atoms with E-state index in [9.17, 15) is 0 Å². The Labute approximate surface area is 74.6 Å². The summed E-state index contributed by atoms with van der Waals surface area (Å²) in [5, 5.41) is 4.40. The molecule has 1 aromatic rings. The topological polar surface area (TPSA) is 17.8 Å². The first kappa shape index (κ1) is 9.30. The Bertz CT molecular complexity index is 229. The minimum Gasteiger partial charge on any atom is -0.272 e. The number of hydrogen-bond donors (Lipinski definition) is 0. The lowest BCUT2D eigenvalue weighted by Gasteiger charge is -2.03. The normalized spacial score (nSPS) is 11.1. The van der Waals surface area contributed by atoms with Crippen LogP contribution < -0.4 is 0 Å². The molecule has 0 radical (unpaired) electrons. The fourth-order valence-electron chi connectivity index (χ4n) is 1.12. The molecule has 0 fully saturated rings. The Hall–Kier alpha value is -0.790. The van der Waals surface area contributed by atoms with E-state index in [0.717, 1.165) is 18.2 Å². The van der Waals surface area contributed by atoms with Crippen molar-refractivity contribution in [2.75, 3.05) is 0 Å². The van der Waals surface area contributed by atoms with Gasteiger partial charge in [0.2, 0.25) is 0 Å². The Morgan fingerprint density at radius 3 is 2.50 bits per heavy atom. The van der Waals surface area contributed by atoms with Gasteiger partial charge in [-0.15, -0.1) is 0 Å². The van der Waals surface area contributed by atoms with E-state index in [2.05, 4.69) is 39.0 Å². The van der Waals surface area contributed by atoms with E-state index >= 15 is 0 Å². The highest BCUT2D eigenvalue weighted by atomic mass is 15.3. The van der Waals surface area contributed by atoms with Crippen molar-refractivity contribution in [2.24, 2.45) is 5.92 Å². The third-order valence-electron chi connectivity index (χ3n) is 2.13. The third kappa shape index (κ3) is 2.36. The maximum atomic E-state index is 4.40. The first-order valence-corrected chi connectivity index (χ1v) is 4.60. The monoisotopic (exact) mass is 166 g/mol. The average Bonchev–Trinajstić information content (AvgIpc) is 2.28. The van der Waals surface area contributed by atoms with Gasteiger partial charge >= 0.3 is 0 Å². The maximum Gasteiger partial charge on any atom is 0.0622 e. The van der Waals surface area contributed by atoms with Gasteiger partial charge in [-0.2, -0.15) is 5.10 Å². The van der Waals surface area contributed by atoms with Crippen molar-refractivity contribution in [1.82, 2.24) is 9.78 Å². The molecule has 0 aliphatic heterocycles. The van der Waals surface area contributed by atoms with Gasteiger partial charge in [-0.1, -0.05) is 13.8 Å². The molecule has 1 aromatic heterocycles. The molecule has 0 aliphatic carbocycles. The fraction of sp³-hybridized carbons (Fsp3) is 0.700. The summed E-state index contributed by atoms with van der Waals surface area (Å²) in [6, 6.07) is 0. The van der Waals surface area contributed by atoms with Gasteiger partial charge in [-0.05, 0) is 31.7 Å². The predicted octanol–water partition coefficient (Wildman–Crippen LogP) is 2.55. The molecule has 0 aromatic carbocycles. The lowest BCUT2D eigenvalue weighted by atomic mass is 10.1. The van der Waals surface area contributed by atoms with Gasteiger partial charge in [0.05, 0.1) is 5.69 Å². The van der Waals surface area contributed by atoms with Crippen molar-refractivity contribution < 1.29 is 0 Å². The lowest BCUT2D eigenvalue weighted by molar-refractivity contribution is 0.485. The van der Waals surface area contributed by atoms with E-state index in [1.165, 1.54) is 12.0 Å². The van der Waals surface area contributed by atoms with Crippen LogP contribution in [-0.2, 0) is 6.54 Å². The molecule has 1 heterocycles. The van der Waals surface area contributed by atoms with Gasteiger partial charge in [-0.25, -0.2) is 0 Å². The third-order valence-corrected chi connectivity index (χ3v) is 2.13. The minimum absolute atomic E-state index is 0.759. The summed E-state index contributed by atoms with van der Waals surface area (Å²) in [4.78, 5) is 0. The summed E-state index contributed by atoms with van der Waals surface area (Å²) < 4.78 is 2.05. The minimum atomic E-state index is 0.759. The summed E-state index contributed by atoms with van der Waals surface area (Å²) in [5.41, 5.74) is 2.44. The highest BCUT2D eigenvalue weighted by Gasteiger charge is 2.00. The molecule has 0 saturated carbocycles. The average molecular weight is 166 g/mol. The summed E-state index contributed by atoms with van der Waals surface area (Å²) >= 11 is 0. The zero-order valence-electron chi connectivity index (χ0n) is 8.46. The second kappa shape index (κ2) is 3.74. The van der Waals surface area contributed by atoms with Gasteiger partial charge in [0.15, 0.2) is 0 Å². The van der Waals surface area contributed by atoms with Crippen molar-refractivity contribution in [2.45, 2.75) is 40.7 Å². The Kier molecular flexibility index (Phi) is 2.90. The molecule has 2 nitrogen and oxygen atoms in total. The SMILES string of the molecule is Cc1cn(CCC(C)C)nc1C. The van der Waals surface area contributed by atoms with Crippen LogP contribution in [0.3, 0.4) is 0 Å². The van der Waals surface area contributed by atoms with Crippen LogP contribution >= 0.6 is 0 Å². The second-order valence-electron chi connectivity index (χ2n) is 3.84. The zero-order chi connectivity index (χ0) is 9.14. The molecule has 0 amide bonds. The van der Waals surface area contributed by atoms with Crippen LogP contribution in [0.5, 0.6) is 0 Å². The first-order valence-electron chi connectivity index (χ1n) is 4.60. The van der Waals surface area contributed by atoms with Crippen molar-refractivity contribution in [3.8, 4) is 0 Å². The lowest BCUT2D eigenvalue weighted by Crippen LogP contribution is -2.01. The zero-order valence-corrected chi connectivity index (χ0v) is 8.46. The van der Waals surface area contributed by atoms with Crippen molar-refractivity contribution in [1.29, 1.82) is 0 Å². The molecular weight excluding hydrogens is 148 g/mol. The van der Waals surface area contributed by atoms with E-state index in [-0.39, 0.29) is 0 Å². The largest absolute Gasteiger partial charge is 0.272 e. The van der Waals surface area contributed by atoms with Crippen LogP contribution in [0.15, 0.2) is 6.20 Å². The van der Waals surface area contributed by atoms with Crippen molar-refractivity contribution >= 4 is 0 Å². The smallest absolute Gasteiger partial charge is 0.0622 e. The number of aryl methyl sites for hydroxylation is 3. The first-order chi connectivity index (χ1) is 5.59. The Morgan fingerprint density at radius 1 is 1.42 bits per heavy atom. The molecule has 12 heavy (non-hydrogen) atoms. The van der Waals surface area contributed by atoms with Crippen LogP contribution in [0.1, 0.15) is 31.5 Å². The van der Waals surface area contributed by atoms with Gasteiger partial charge in [0.25, 0.3) is 0 Å². The number of nitrogens with zero attached hydrogens (tertiary/aromatic N) is 2. The van der Waals surface area contributed by atoms with E-state index in [1.807, 2.05) is 4.68 Å². The summed E-state index contributed by atoms with van der Waals surface area (Å²) in [6.45, 7) is 9.69. The molecule has 68 valence electrons. The van der Waals surface area contributed by atoms with E-state index in [1.54, 1.807) is 0 Å². The van der Waals surface area contributed by atoms with Crippen LogP contribution in [0, 0.1) is 19.8 Å². The highest BCUT2D eigenvalue weighted by Crippen LogP contribution is 2.06. The summed E-state index contributed by atoms with van der Waals surface area (Å²) in [7, 11) is 0. The molecule has 0 unspecified atom stereocenters. The molecule has 1 rings (SSSR count). The Balaban J connectivity index is 2.53. The summed E-state index contributed by atoms with van der Waals surface area (Å²) in [5.74, 6) is 0.759. The van der Waals surface area contributed by atoms with Gasteiger partial charge in [0, 0.05) is 12.7 Å². The molecule has 0 bridgehead atoms. The van der Waals surface area contributed by atoms with Crippen LogP contribution in [0.4, 0.5) is 0 Å². The molecule has 0 aliphatic rings. The molecule has 0 saturated heterocycles. The molecule has 2 heteroatoms. The van der Waals surface area contributed by atoms with Gasteiger partial charge in [-0.3, -0.25) is 4.68 Å². The van der Waals surface area contributed by atoms with Crippen molar-refractivity contribution in [3.05, 3.63) is 17.5 Å². The van der Waals surface area contributed by atoms with Gasteiger partial charge < -0.3 is 0 Å². The molecular formula is C10H18N2. The molecule has 0 spiro atoms. The number of hydrogen-bond acceptors (Lipinski definition) is 1. The van der Waals surface area contributed by atoms with E-state index < -0.39 is 0 Å². The van der Waals surface area contributed by atoms with E-state index in [0.29, 0.717) is 0 Å². The van der Waals surface area contributed by atoms with Crippen LogP contribution in [0.2, 0.25) is 0 Å². The fourth-order valence-corrected chi connectivity index (χ4v) is 1.12. The number of rotatable bonds is 3. The van der Waals surface area contributed by atoms with Crippen LogP contribution in [0.25, 0.3) is 0 Å². The molecule has 0 N–H and O–H groups in total. The summed E-state index contributed by atoms with van der Waals surface area (Å²) in [6.07, 6.45) is 3.33. The van der Waals surface area contributed by atoms with Crippen molar-refractivity contribution in [3.63, 3.8) is 0 Å². The predicted molar refractivity (Wildman–Crippen MR) is 51.2 cm³/mol. The maximum absolute atomic E-state index is 4.40. The van der Waals surface area contributed by atoms with Gasteiger partial charge in [0.1, 0.15) is 0 Å². The highest BCUT2D eigenvalue weighted by molar-refractivity contribution is 5.12. The second-order valence-corrected chi connectivity index (χ2v) is 3.84. The molecule has 0 atom stereocenters. The number of aromatic nitrogens is 2.